The highest BCUT2D eigenvalue weighted by atomic mass is 16.2. The molecule has 2 aromatic heterocycles. The molecular weight excluding hydrogens is 314 g/mol. The van der Waals surface area contributed by atoms with Crippen molar-refractivity contribution in [1.82, 2.24) is 24.9 Å². The van der Waals surface area contributed by atoms with Gasteiger partial charge in [-0.3, -0.25) is 9.89 Å². The Hall–Kier alpha value is -2.89. The maximum Gasteiger partial charge on any atom is 0.275 e. The van der Waals surface area contributed by atoms with Crippen molar-refractivity contribution in [1.29, 1.82) is 0 Å². The summed E-state index contributed by atoms with van der Waals surface area (Å²) >= 11 is 0. The summed E-state index contributed by atoms with van der Waals surface area (Å²) in [4.78, 5) is 15.0. The standard InChI is InChI=1S/C19H19N5O/c1-12-5-2-3-7-16(12)24-17-8-4-6-14(17)18(22-24)19(25)23-10-13-9-20-21-15(13)11-23/h2-3,5,7,9H,4,6,8,10-11H2,1H3,(H,20,21). The molecule has 6 heteroatoms. The van der Waals surface area contributed by atoms with Crippen LogP contribution in [0.1, 0.15) is 45.0 Å². The molecule has 0 saturated carbocycles. The predicted octanol–water partition coefficient (Wildman–Crippen LogP) is 2.55. The van der Waals surface area contributed by atoms with Crippen molar-refractivity contribution in [3.8, 4) is 5.69 Å². The predicted molar refractivity (Wildman–Crippen MR) is 92.5 cm³/mol. The highest BCUT2D eigenvalue weighted by Gasteiger charge is 2.32. The summed E-state index contributed by atoms with van der Waals surface area (Å²) in [5.41, 5.74) is 7.30. The van der Waals surface area contributed by atoms with Crippen LogP contribution in [0.3, 0.4) is 0 Å². The van der Waals surface area contributed by atoms with Gasteiger partial charge in [0.05, 0.1) is 24.1 Å². The van der Waals surface area contributed by atoms with E-state index in [1.54, 1.807) is 6.20 Å². The summed E-state index contributed by atoms with van der Waals surface area (Å²) in [6, 6.07) is 8.20. The Labute approximate surface area is 145 Å². The minimum Gasteiger partial charge on any atom is -0.327 e. The normalized spacial score (nSPS) is 15.5. The van der Waals surface area contributed by atoms with E-state index in [9.17, 15) is 4.79 Å². The number of nitrogens with one attached hydrogen (secondary N) is 1. The number of carbonyl (C=O) groups is 1. The molecule has 1 aliphatic carbocycles. The third-order valence-corrected chi connectivity index (χ3v) is 5.28. The number of aromatic amines is 1. The monoisotopic (exact) mass is 333 g/mol. The molecule has 1 N–H and O–H groups in total. The molecular formula is C19H19N5O. The quantitative estimate of drug-likeness (QED) is 0.784. The third-order valence-electron chi connectivity index (χ3n) is 5.28. The summed E-state index contributed by atoms with van der Waals surface area (Å²) in [5, 5.41) is 11.8. The molecule has 25 heavy (non-hydrogen) atoms. The molecule has 1 amide bonds. The first-order chi connectivity index (χ1) is 12.2. The molecule has 0 atom stereocenters. The van der Waals surface area contributed by atoms with Crippen molar-refractivity contribution in [2.24, 2.45) is 0 Å². The number of aryl methyl sites for hydroxylation is 1. The highest BCUT2D eigenvalue weighted by Crippen LogP contribution is 2.31. The smallest absolute Gasteiger partial charge is 0.275 e. The molecule has 0 fully saturated rings. The molecule has 3 aromatic rings. The molecule has 0 radical (unpaired) electrons. The van der Waals surface area contributed by atoms with E-state index in [0.717, 1.165) is 41.8 Å². The largest absolute Gasteiger partial charge is 0.327 e. The minimum absolute atomic E-state index is 0.0232. The van der Waals surface area contributed by atoms with Gasteiger partial charge in [-0.2, -0.15) is 10.2 Å². The van der Waals surface area contributed by atoms with Gasteiger partial charge in [-0.15, -0.1) is 0 Å². The van der Waals surface area contributed by atoms with Crippen molar-refractivity contribution < 1.29 is 4.79 Å². The van der Waals surface area contributed by atoms with Gasteiger partial charge in [-0.1, -0.05) is 18.2 Å². The van der Waals surface area contributed by atoms with Gasteiger partial charge in [-0.25, -0.2) is 4.68 Å². The molecule has 1 aromatic carbocycles. The van der Waals surface area contributed by atoms with Crippen LogP contribution in [0.4, 0.5) is 0 Å². The molecule has 2 aliphatic rings. The van der Waals surface area contributed by atoms with Crippen molar-refractivity contribution in [2.45, 2.75) is 39.3 Å². The number of benzene rings is 1. The van der Waals surface area contributed by atoms with Crippen molar-refractivity contribution in [3.63, 3.8) is 0 Å². The summed E-state index contributed by atoms with van der Waals surface area (Å²) in [7, 11) is 0. The maximum atomic E-state index is 13.1. The molecule has 0 unspecified atom stereocenters. The van der Waals surface area contributed by atoms with Gasteiger partial charge in [0.2, 0.25) is 0 Å². The number of fused-ring (bicyclic) bond motifs is 2. The number of H-pyrrole nitrogens is 1. The highest BCUT2D eigenvalue weighted by molar-refractivity contribution is 5.94. The number of hydrogen-bond acceptors (Lipinski definition) is 3. The zero-order valence-corrected chi connectivity index (χ0v) is 14.1. The van der Waals surface area contributed by atoms with Crippen molar-refractivity contribution >= 4 is 5.91 Å². The van der Waals surface area contributed by atoms with E-state index in [4.69, 9.17) is 5.10 Å². The number of carbonyl (C=O) groups excluding carboxylic acids is 1. The number of hydrogen-bond donors (Lipinski definition) is 1. The van der Waals surface area contributed by atoms with Crippen molar-refractivity contribution in [2.75, 3.05) is 0 Å². The first kappa shape index (κ1) is 14.5. The summed E-state index contributed by atoms with van der Waals surface area (Å²) < 4.78 is 1.99. The van der Waals surface area contributed by atoms with Gasteiger partial charge in [0.25, 0.3) is 5.91 Å². The van der Waals surface area contributed by atoms with Gasteiger partial charge >= 0.3 is 0 Å². The fourth-order valence-corrected chi connectivity index (χ4v) is 3.97. The molecule has 5 rings (SSSR count). The van der Waals surface area contributed by atoms with E-state index in [0.29, 0.717) is 18.8 Å². The number of aromatic nitrogens is 4. The lowest BCUT2D eigenvalue weighted by Crippen LogP contribution is -2.27. The first-order valence-electron chi connectivity index (χ1n) is 8.69. The Kier molecular flexibility index (Phi) is 3.07. The zero-order chi connectivity index (χ0) is 17.0. The van der Waals surface area contributed by atoms with E-state index in [1.807, 2.05) is 21.7 Å². The van der Waals surface area contributed by atoms with Gasteiger partial charge in [0.15, 0.2) is 5.69 Å². The molecule has 0 bridgehead atoms. The van der Waals surface area contributed by atoms with E-state index in [-0.39, 0.29) is 5.91 Å². The first-order valence-corrected chi connectivity index (χ1v) is 8.69. The Morgan fingerprint density at radius 3 is 2.92 bits per heavy atom. The Balaban J connectivity index is 1.55. The number of rotatable bonds is 2. The topological polar surface area (TPSA) is 66.8 Å². The Morgan fingerprint density at radius 1 is 1.20 bits per heavy atom. The van der Waals surface area contributed by atoms with E-state index in [1.165, 1.54) is 11.3 Å². The molecule has 126 valence electrons. The summed E-state index contributed by atoms with van der Waals surface area (Å²) in [5.74, 6) is 0.0232. The number of nitrogens with zero attached hydrogens (tertiary/aromatic N) is 4. The average Bonchev–Trinajstić information content (AvgIpc) is 3.35. The van der Waals surface area contributed by atoms with Crippen LogP contribution in [0.2, 0.25) is 0 Å². The molecule has 1 aliphatic heterocycles. The summed E-state index contributed by atoms with van der Waals surface area (Å²) in [6.45, 7) is 3.27. The fourth-order valence-electron chi connectivity index (χ4n) is 3.97. The Morgan fingerprint density at radius 2 is 2.08 bits per heavy atom. The van der Waals surface area contributed by atoms with Crippen LogP contribution >= 0.6 is 0 Å². The van der Waals surface area contributed by atoms with Crippen LogP contribution in [-0.4, -0.2) is 30.8 Å². The molecule has 0 spiro atoms. The van der Waals surface area contributed by atoms with Crippen LogP contribution in [-0.2, 0) is 25.9 Å². The number of amides is 1. The van der Waals surface area contributed by atoms with Crippen molar-refractivity contribution in [3.05, 3.63) is 64.2 Å². The summed E-state index contributed by atoms with van der Waals surface area (Å²) in [6.07, 6.45) is 4.80. The Bertz CT molecular complexity index is 963. The van der Waals surface area contributed by atoms with Crippen LogP contribution in [0, 0.1) is 6.92 Å². The van der Waals surface area contributed by atoms with E-state index >= 15 is 0 Å². The second-order valence-electron chi connectivity index (χ2n) is 6.86. The third kappa shape index (κ3) is 2.13. The second kappa shape index (κ2) is 5.31. The van der Waals surface area contributed by atoms with E-state index < -0.39 is 0 Å². The van der Waals surface area contributed by atoms with Gasteiger partial charge in [0.1, 0.15) is 0 Å². The second-order valence-corrected chi connectivity index (χ2v) is 6.86. The lowest BCUT2D eigenvalue weighted by Gasteiger charge is -2.14. The van der Waals surface area contributed by atoms with Gasteiger partial charge in [0, 0.05) is 23.4 Å². The lowest BCUT2D eigenvalue weighted by molar-refractivity contribution is 0.0742. The van der Waals surface area contributed by atoms with Crippen LogP contribution in [0.5, 0.6) is 0 Å². The van der Waals surface area contributed by atoms with Gasteiger partial charge in [-0.05, 0) is 37.8 Å². The number of para-hydroxylation sites is 1. The minimum atomic E-state index is 0.0232. The van der Waals surface area contributed by atoms with Crippen LogP contribution in [0.15, 0.2) is 30.5 Å². The maximum absolute atomic E-state index is 13.1. The molecule has 0 saturated heterocycles. The average molecular weight is 333 g/mol. The van der Waals surface area contributed by atoms with Crippen LogP contribution in [0.25, 0.3) is 5.69 Å². The van der Waals surface area contributed by atoms with Gasteiger partial charge < -0.3 is 4.90 Å². The fraction of sp³-hybridized carbons (Fsp3) is 0.316. The molecule has 3 heterocycles. The SMILES string of the molecule is Cc1ccccc1-n1nc(C(=O)N2Cc3cn[nH]c3C2)c2c1CCC2. The van der Waals surface area contributed by atoms with Crippen LogP contribution < -0.4 is 0 Å². The zero-order valence-electron chi connectivity index (χ0n) is 14.1. The van der Waals surface area contributed by atoms with E-state index in [2.05, 4.69) is 29.3 Å². The molecule has 6 nitrogen and oxygen atoms in total. The lowest BCUT2D eigenvalue weighted by atomic mass is 10.1.